The number of halogens is 2. The molecule has 1 amide bonds. The number of hydrogen-bond acceptors (Lipinski definition) is 3. The van der Waals surface area contributed by atoms with Crippen LogP contribution in [0, 0.1) is 18.6 Å². The molecule has 0 radical (unpaired) electrons. The van der Waals surface area contributed by atoms with Crippen molar-refractivity contribution in [3.63, 3.8) is 0 Å². The van der Waals surface area contributed by atoms with Crippen LogP contribution in [0.3, 0.4) is 0 Å². The van der Waals surface area contributed by atoms with E-state index >= 15 is 0 Å². The number of aryl methyl sites for hydroxylation is 1. The largest absolute Gasteiger partial charge is 0.332 e. The van der Waals surface area contributed by atoms with E-state index in [1.807, 2.05) is 0 Å². The van der Waals surface area contributed by atoms with E-state index in [0.717, 1.165) is 31.4 Å². The molecule has 7 heteroatoms. The summed E-state index contributed by atoms with van der Waals surface area (Å²) in [6, 6.07) is 3.09. The minimum Gasteiger partial charge on any atom is -0.332 e. The van der Waals surface area contributed by atoms with Gasteiger partial charge in [-0.2, -0.15) is 5.10 Å². The maximum Gasteiger partial charge on any atom is 0.227 e. The van der Waals surface area contributed by atoms with Crippen molar-refractivity contribution in [3.8, 4) is 0 Å². The molecule has 1 unspecified atom stereocenters. The van der Waals surface area contributed by atoms with Crippen LogP contribution in [0.2, 0.25) is 0 Å². The molecule has 0 spiro atoms. The van der Waals surface area contributed by atoms with Crippen molar-refractivity contribution in [3.05, 3.63) is 47.0 Å². The normalized spacial score (nSPS) is 18.2. The van der Waals surface area contributed by atoms with Crippen LogP contribution in [0.1, 0.15) is 42.5 Å². The van der Waals surface area contributed by atoms with E-state index in [9.17, 15) is 13.6 Å². The highest BCUT2D eigenvalue weighted by Gasteiger charge is 2.30. The molecule has 1 fully saturated rings. The molecular formula is C16H18F2N4O. The summed E-state index contributed by atoms with van der Waals surface area (Å²) in [7, 11) is 0. The highest BCUT2D eigenvalue weighted by atomic mass is 19.1. The Morgan fingerprint density at radius 2 is 2.22 bits per heavy atom. The van der Waals surface area contributed by atoms with Crippen molar-refractivity contribution in [1.29, 1.82) is 0 Å². The van der Waals surface area contributed by atoms with Crippen LogP contribution >= 0.6 is 0 Å². The van der Waals surface area contributed by atoms with Crippen LogP contribution in [0.5, 0.6) is 0 Å². The number of aromatic nitrogens is 3. The van der Waals surface area contributed by atoms with Gasteiger partial charge >= 0.3 is 0 Å². The van der Waals surface area contributed by atoms with Gasteiger partial charge in [0.2, 0.25) is 5.91 Å². The lowest BCUT2D eigenvalue weighted by atomic mass is 10.00. The van der Waals surface area contributed by atoms with E-state index in [1.165, 1.54) is 6.07 Å². The number of nitrogens with one attached hydrogen (secondary N) is 1. The van der Waals surface area contributed by atoms with Crippen molar-refractivity contribution in [2.45, 2.75) is 38.6 Å². The van der Waals surface area contributed by atoms with Gasteiger partial charge in [-0.05, 0) is 37.8 Å². The molecule has 1 aromatic heterocycles. The summed E-state index contributed by atoms with van der Waals surface area (Å²) >= 11 is 0. The van der Waals surface area contributed by atoms with Gasteiger partial charge in [-0.1, -0.05) is 6.07 Å². The van der Waals surface area contributed by atoms with Gasteiger partial charge in [0.1, 0.15) is 17.5 Å². The van der Waals surface area contributed by atoms with Crippen molar-refractivity contribution in [1.82, 2.24) is 20.1 Å². The molecule has 1 aliphatic rings. The molecule has 3 rings (SSSR count). The van der Waals surface area contributed by atoms with Gasteiger partial charge in [0.05, 0.1) is 12.5 Å². The second kappa shape index (κ2) is 6.44. The summed E-state index contributed by atoms with van der Waals surface area (Å²) < 4.78 is 26.7. The SMILES string of the molecule is Cc1nc(C2CCCCN2C(=O)Cc2ccc(F)cc2F)n[nH]1. The smallest absolute Gasteiger partial charge is 0.227 e. The summed E-state index contributed by atoms with van der Waals surface area (Å²) in [6.45, 7) is 2.40. The van der Waals surface area contributed by atoms with Gasteiger partial charge in [0, 0.05) is 12.6 Å². The molecule has 0 aliphatic carbocycles. The lowest BCUT2D eigenvalue weighted by molar-refractivity contribution is -0.134. The third-order valence-electron chi connectivity index (χ3n) is 4.09. The Bertz CT molecular complexity index is 716. The number of aromatic amines is 1. The third kappa shape index (κ3) is 3.38. The lowest BCUT2D eigenvalue weighted by Gasteiger charge is -2.34. The number of benzene rings is 1. The van der Waals surface area contributed by atoms with Crippen molar-refractivity contribution < 1.29 is 13.6 Å². The quantitative estimate of drug-likeness (QED) is 0.946. The van der Waals surface area contributed by atoms with Crippen molar-refractivity contribution in [2.24, 2.45) is 0 Å². The lowest BCUT2D eigenvalue weighted by Crippen LogP contribution is -2.40. The van der Waals surface area contributed by atoms with Crippen LogP contribution in [-0.2, 0) is 11.2 Å². The first-order valence-corrected chi connectivity index (χ1v) is 7.67. The number of carbonyl (C=O) groups is 1. The summed E-state index contributed by atoms with van der Waals surface area (Å²) in [4.78, 5) is 18.6. The number of H-pyrrole nitrogens is 1. The minimum absolute atomic E-state index is 0.0913. The van der Waals surface area contributed by atoms with Crippen LogP contribution in [0.25, 0.3) is 0 Å². The Kier molecular flexibility index (Phi) is 4.36. The minimum atomic E-state index is -0.694. The van der Waals surface area contributed by atoms with E-state index in [-0.39, 0.29) is 23.9 Å². The number of amides is 1. The van der Waals surface area contributed by atoms with Gasteiger partial charge in [-0.15, -0.1) is 0 Å². The number of piperidine rings is 1. The fraction of sp³-hybridized carbons (Fsp3) is 0.438. The second-order valence-electron chi connectivity index (χ2n) is 5.79. The first-order chi connectivity index (χ1) is 11.0. The third-order valence-corrected chi connectivity index (χ3v) is 4.09. The van der Waals surface area contributed by atoms with Crippen LogP contribution in [-0.4, -0.2) is 32.5 Å². The van der Waals surface area contributed by atoms with Crippen LogP contribution in [0.4, 0.5) is 8.78 Å². The number of likely N-dealkylation sites (tertiary alicyclic amines) is 1. The van der Waals surface area contributed by atoms with Crippen LogP contribution < -0.4 is 0 Å². The molecule has 122 valence electrons. The molecule has 23 heavy (non-hydrogen) atoms. The number of rotatable bonds is 3. The van der Waals surface area contributed by atoms with Gasteiger partial charge in [-0.25, -0.2) is 13.8 Å². The molecule has 1 atom stereocenters. The molecular weight excluding hydrogens is 302 g/mol. The number of nitrogens with zero attached hydrogens (tertiary/aromatic N) is 3. The molecule has 1 aliphatic heterocycles. The monoisotopic (exact) mass is 320 g/mol. The van der Waals surface area contributed by atoms with Gasteiger partial charge in [0.15, 0.2) is 5.82 Å². The molecule has 1 aromatic carbocycles. The zero-order valence-electron chi connectivity index (χ0n) is 12.9. The zero-order chi connectivity index (χ0) is 16.4. The highest BCUT2D eigenvalue weighted by molar-refractivity contribution is 5.79. The molecule has 1 N–H and O–H groups in total. The molecule has 5 nitrogen and oxygen atoms in total. The van der Waals surface area contributed by atoms with E-state index in [1.54, 1.807) is 11.8 Å². The van der Waals surface area contributed by atoms with Crippen molar-refractivity contribution >= 4 is 5.91 Å². The van der Waals surface area contributed by atoms with Gasteiger partial charge < -0.3 is 4.90 Å². The molecule has 0 bridgehead atoms. The summed E-state index contributed by atoms with van der Waals surface area (Å²) in [6.07, 6.45) is 2.59. The maximum absolute atomic E-state index is 13.8. The first-order valence-electron chi connectivity index (χ1n) is 7.67. The fourth-order valence-corrected chi connectivity index (χ4v) is 2.94. The van der Waals surface area contributed by atoms with Crippen molar-refractivity contribution in [2.75, 3.05) is 6.54 Å². The molecule has 2 aromatic rings. The average molecular weight is 320 g/mol. The number of hydrogen-bond donors (Lipinski definition) is 1. The maximum atomic E-state index is 13.8. The van der Waals surface area contributed by atoms with Gasteiger partial charge in [0.25, 0.3) is 0 Å². The predicted molar refractivity (Wildman–Crippen MR) is 79.5 cm³/mol. The van der Waals surface area contributed by atoms with Gasteiger partial charge in [-0.3, -0.25) is 9.89 Å². The molecule has 0 saturated carbocycles. The predicted octanol–water partition coefficient (Wildman–Crippen LogP) is 2.69. The highest BCUT2D eigenvalue weighted by Crippen LogP contribution is 2.29. The van der Waals surface area contributed by atoms with E-state index < -0.39 is 11.6 Å². The number of carbonyl (C=O) groups excluding carboxylic acids is 1. The molecule has 2 heterocycles. The Morgan fingerprint density at radius 3 is 2.91 bits per heavy atom. The topological polar surface area (TPSA) is 61.9 Å². The average Bonchev–Trinajstić information content (AvgIpc) is 2.96. The zero-order valence-corrected chi connectivity index (χ0v) is 12.9. The first kappa shape index (κ1) is 15.6. The summed E-state index contributed by atoms with van der Waals surface area (Å²) in [5, 5.41) is 6.94. The fourth-order valence-electron chi connectivity index (χ4n) is 2.94. The van der Waals surface area contributed by atoms with E-state index in [0.29, 0.717) is 18.2 Å². The Morgan fingerprint density at radius 1 is 1.39 bits per heavy atom. The van der Waals surface area contributed by atoms with E-state index in [4.69, 9.17) is 0 Å². The molecule has 1 saturated heterocycles. The van der Waals surface area contributed by atoms with Crippen LogP contribution in [0.15, 0.2) is 18.2 Å². The summed E-state index contributed by atoms with van der Waals surface area (Å²) in [5.74, 6) is -0.244. The Hall–Kier alpha value is -2.31. The van der Waals surface area contributed by atoms with E-state index in [2.05, 4.69) is 15.2 Å². The standard InChI is InChI=1S/C16H18F2N4O/c1-10-19-16(21-20-10)14-4-2-3-7-22(14)15(23)8-11-5-6-12(17)9-13(11)18/h5-6,9,14H,2-4,7-8H2,1H3,(H,19,20,21). The summed E-state index contributed by atoms with van der Waals surface area (Å²) in [5.41, 5.74) is 0.201. The Labute approximate surface area is 132 Å². The Balaban J connectivity index is 1.78. The second-order valence-corrected chi connectivity index (χ2v) is 5.79.